The molecule has 2 aliphatic rings. The summed E-state index contributed by atoms with van der Waals surface area (Å²) in [5.41, 5.74) is 3.42. The average Bonchev–Trinajstić information content (AvgIpc) is 3.07. The molecule has 4 rings (SSSR count). The Kier molecular flexibility index (Phi) is 5.45. The van der Waals surface area contributed by atoms with Crippen LogP contribution in [0, 0.1) is 0 Å². The molecule has 7 nitrogen and oxygen atoms in total. The summed E-state index contributed by atoms with van der Waals surface area (Å²) in [6.45, 7) is 4.60. The van der Waals surface area contributed by atoms with Crippen LogP contribution in [0.4, 0.5) is 5.69 Å². The fraction of sp³-hybridized carbons (Fsp3) is 0.333. The SMILES string of the molecule is COc1cc(NC(C)=O)c(Cl)cc1C(=O)NC1CN2Cc3ccccc3CN2C1. The van der Waals surface area contributed by atoms with Gasteiger partial charge in [-0.15, -0.1) is 0 Å². The summed E-state index contributed by atoms with van der Waals surface area (Å²) in [4.78, 5) is 24.2. The summed E-state index contributed by atoms with van der Waals surface area (Å²) in [7, 11) is 1.48. The molecule has 0 unspecified atom stereocenters. The second kappa shape index (κ2) is 8.02. The smallest absolute Gasteiger partial charge is 0.255 e. The van der Waals surface area contributed by atoms with Gasteiger partial charge < -0.3 is 15.4 Å². The van der Waals surface area contributed by atoms with Crippen LogP contribution in [0.15, 0.2) is 36.4 Å². The molecular weight excluding hydrogens is 392 g/mol. The van der Waals surface area contributed by atoms with E-state index < -0.39 is 0 Å². The van der Waals surface area contributed by atoms with Crippen molar-refractivity contribution in [3.05, 3.63) is 58.1 Å². The van der Waals surface area contributed by atoms with Crippen LogP contribution in [0.1, 0.15) is 28.4 Å². The highest BCUT2D eigenvalue weighted by Gasteiger charge is 2.34. The summed E-state index contributed by atoms with van der Waals surface area (Å²) < 4.78 is 5.35. The molecule has 29 heavy (non-hydrogen) atoms. The van der Waals surface area contributed by atoms with E-state index in [1.54, 1.807) is 6.07 Å². The molecule has 0 radical (unpaired) electrons. The van der Waals surface area contributed by atoms with Gasteiger partial charge >= 0.3 is 0 Å². The number of fused-ring (bicyclic) bond motifs is 2. The maximum atomic E-state index is 12.9. The van der Waals surface area contributed by atoms with Crippen molar-refractivity contribution in [2.24, 2.45) is 0 Å². The van der Waals surface area contributed by atoms with E-state index in [4.69, 9.17) is 16.3 Å². The first-order chi connectivity index (χ1) is 13.9. The Morgan fingerprint density at radius 3 is 2.28 bits per heavy atom. The minimum atomic E-state index is -0.248. The number of carbonyl (C=O) groups excluding carboxylic acids is 2. The molecule has 1 saturated heterocycles. The zero-order valence-electron chi connectivity index (χ0n) is 16.4. The van der Waals surface area contributed by atoms with E-state index in [1.165, 1.54) is 31.2 Å². The minimum absolute atomic E-state index is 0.00434. The highest BCUT2D eigenvalue weighted by Crippen LogP contribution is 2.31. The minimum Gasteiger partial charge on any atom is -0.496 e. The average molecular weight is 415 g/mol. The van der Waals surface area contributed by atoms with Crippen molar-refractivity contribution in [1.82, 2.24) is 15.3 Å². The number of methoxy groups -OCH3 is 1. The number of anilines is 1. The Morgan fingerprint density at radius 1 is 1.10 bits per heavy atom. The molecule has 8 heteroatoms. The molecule has 1 fully saturated rings. The van der Waals surface area contributed by atoms with Gasteiger partial charge in [0, 0.05) is 39.2 Å². The maximum Gasteiger partial charge on any atom is 0.255 e. The molecule has 0 spiro atoms. The van der Waals surface area contributed by atoms with Crippen molar-refractivity contribution < 1.29 is 14.3 Å². The van der Waals surface area contributed by atoms with E-state index in [0.29, 0.717) is 17.0 Å². The Bertz CT molecular complexity index is 932. The topological polar surface area (TPSA) is 73.9 Å². The molecule has 0 bridgehead atoms. The van der Waals surface area contributed by atoms with Crippen molar-refractivity contribution in [3.63, 3.8) is 0 Å². The molecular formula is C21H23ClN4O3. The highest BCUT2D eigenvalue weighted by molar-refractivity contribution is 6.34. The Hall–Kier alpha value is -2.61. The molecule has 0 saturated carbocycles. The second-order valence-corrected chi connectivity index (χ2v) is 7.75. The summed E-state index contributed by atoms with van der Waals surface area (Å²) in [6, 6.07) is 11.5. The summed E-state index contributed by atoms with van der Waals surface area (Å²) in [6.07, 6.45) is 0. The van der Waals surface area contributed by atoms with Gasteiger partial charge in [-0.3, -0.25) is 9.59 Å². The van der Waals surface area contributed by atoms with E-state index in [1.807, 2.05) is 0 Å². The third-order valence-corrected chi connectivity index (χ3v) is 5.58. The largest absolute Gasteiger partial charge is 0.496 e. The molecule has 2 heterocycles. The number of hydrogen-bond donors (Lipinski definition) is 2. The molecule has 0 aliphatic carbocycles. The van der Waals surface area contributed by atoms with Crippen LogP contribution < -0.4 is 15.4 Å². The van der Waals surface area contributed by atoms with Crippen LogP contribution in [0.25, 0.3) is 0 Å². The molecule has 0 aromatic heterocycles. The predicted molar refractivity (Wildman–Crippen MR) is 111 cm³/mol. The van der Waals surface area contributed by atoms with Crippen LogP contribution in [0.3, 0.4) is 0 Å². The number of nitrogens with zero attached hydrogens (tertiary/aromatic N) is 2. The monoisotopic (exact) mass is 414 g/mol. The van der Waals surface area contributed by atoms with Gasteiger partial charge in [0.25, 0.3) is 5.91 Å². The van der Waals surface area contributed by atoms with Crippen LogP contribution >= 0.6 is 11.6 Å². The summed E-state index contributed by atoms with van der Waals surface area (Å²) in [5.74, 6) is -0.135. The predicted octanol–water partition coefficient (Wildman–Crippen LogP) is 2.65. The van der Waals surface area contributed by atoms with Crippen LogP contribution in [0.5, 0.6) is 5.75 Å². The van der Waals surface area contributed by atoms with Crippen molar-refractivity contribution in [2.45, 2.75) is 26.1 Å². The molecule has 0 atom stereocenters. The number of carbonyl (C=O) groups is 2. The lowest BCUT2D eigenvalue weighted by atomic mass is 10.1. The third kappa shape index (κ3) is 4.07. The number of rotatable bonds is 4. The summed E-state index contributed by atoms with van der Waals surface area (Å²) in [5, 5.41) is 10.6. The number of halogens is 1. The second-order valence-electron chi connectivity index (χ2n) is 7.35. The molecule has 2 aromatic rings. The lowest BCUT2D eigenvalue weighted by Gasteiger charge is -2.33. The number of hydrogen-bond acceptors (Lipinski definition) is 5. The number of hydrazine groups is 1. The normalized spacial score (nSPS) is 16.8. The fourth-order valence-corrected chi connectivity index (χ4v) is 4.14. The lowest BCUT2D eigenvalue weighted by Crippen LogP contribution is -2.39. The van der Waals surface area contributed by atoms with E-state index in [0.717, 1.165) is 26.2 Å². The summed E-state index contributed by atoms with van der Waals surface area (Å²) >= 11 is 6.25. The number of benzene rings is 2. The van der Waals surface area contributed by atoms with Gasteiger partial charge in [0.2, 0.25) is 5.91 Å². The van der Waals surface area contributed by atoms with Crippen molar-refractivity contribution in [2.75, 3.05) is 25.5 Å². The van der Waals surface area contributed by atoms with Crippen LogP contribution in [0.2, 0.25) is 5.02 Å². The quantitative estimate of drug-likeness (QED) is 0.804. The van der Waals surface area contributed by atoms with Gasteiger partial charge in [-0.25, -0.2) is 10.0 Å². The standard InChI is InChI=1S/C21H23ClN4O3/c1-13(27)23-19-8-20(29-2)17(7-18(19)22)21(28)24-16-11-25-9-14-5-3-4-6-15(14)10-26(25)12-16/h3-8,16H,9-12H2,1-2H3,(H,23,27)(H,24,28). The highest BCUT2D eigenvalue weighted by atomic mass is 35.5. The molecule has 152 valence electrons. The van der Waals surface area contributed by atoms with E-state index >= 15 is 0 Å². The van der Waals surface area contributed by atoms with Gasteiger partial charge in [-0.05, 0) is 17.2 Å². The van der Waals surface area contributed by atoms with Crippen molar-refractivity contribution >= 4 is 29.1 Å². The number of amides is 2. The molecule has 2 aromatic carbocycles. The first-order valence-electron chi connectivity index (χ1n) is 9.47. The molecule has 2 N–H and O–H groups in total. The molecule has 2 amide bonds. The van der Waals surface area contributed by atoms with E-state index in [9.17, 15) is 9.59 Å². The first kappa shape index (κ1) is 19.7. The Morgan fingerprint density at radius 2 is 1.72 bits per heavy atom. The van der Waals surface area contributed by atoms with Gasteiger partial charge in [0.1, 0.15) is 5.75 Å². The third-order valence-electron chi connectivity index (χ3n) is 5.27. The zero-order chi connectivity index (χ0) is 20.5. The van der Waals surface area contributed by atoms with Gasteiger partial charge in [0.05, 0.1) is 29.4 Å². The molecule has 2 aliphatic heterocycles. The maximum absolute atomic E-state index is 12.9. The Balaban J connectivity index is 1.47. The van der Waals surface area contributed by atoms with E-state index in [-0.39, 0.29) is 22.9 Å². The van der Waals surface area contributed by atoms with Crippen LogP contribution in [-0.2, 0) is 17.9 Å². The van der Waals surface area contributed by atoms with E-state index in [2.05, 4.69) is 44.9 Å². The van der Waals surface area contributed by atoms with Gasteiger partial charge in [0.15, 0.2) is 0 Å². The van der Waals surface area contributed by atoms with Gasteiger partial charge in [-0.1, -0.05) is 35.9 Å². The number of nitrogens with one attached hydrogen (secondary N) is 2. The zero-order valence-corrected chi connectivity index (χ0v) is 17.1. The van der Waals surface area contributed by atoms with Crippen LogP contribution in [-0.4, -0.2) is 48.1 Å². The van der Waals surface area contributed by atoms with Crippen molar-refractivity contribution in [1.29, 1.82) is 0 Å². The van der Waals surface area contributed by atoms with Gasteiger partial charge in [-0.2, -0.15) is 0 Å². The first-order valence-corrected chi connectivity index (χ1v) is 9.85. The van der Waals surface area contributed by atoms with Crippen molar-refractivity contribution in [3.8, 4) is 5.75 Å². The number of ether oxygens (including phenoxy) is 1. The fourth-order valence-electron chi connectivity index (χ4n) is 3.93. The Labute approximate surface area is 174 Å². The lowest BCUT2D eigenvalue weighted by molar-refractivity contribution is -0.114.